The molecule has 196 valence electrons. The van der Waals surface area contributed by atoms with Crippen LogP contribution in [0.4, 0.5) is 26.3 Å². The zero-order chi connectivity index (χ0) is 26.8. The van der Waals surface area contributed by atoms with Gasteiger partial charge in [-0.2, -0.15) is 26.3 Å². The van der Waals surface area contributed by atoms with Gasteiger partial charge in [0.1, 0.15) is 0 Å². The summed E-state index contributed by atoms with van der Waals surface area (Å²) < 4.78 is 78.9. The fourth-order valence-corrected chi connectivity index (χ4v) is 3.83. The molecular weight excluding hydrogens is 462 g/mol. The van der Waals surface area contributed by atoms with Crippen molar-refractivity contribution in [1.82, 2.24) is 0 Å². The Kier molecular flexibility index (Phi) is 12.1. The van der Waals surface area contributed by atoms with E-state index in [-0.39, 0.29) is 11.6 Å². The van der Waals surface area contributed by atoms with Gasteiger partial charge in [-0.05, 0) is 72.2 Å². The first-order valence-corrected chi connectivity index (χ1v) is 12.3. The third-order valence-electron chi connectivity index (χ3n) is 5.83. The maximum absolute atomic E-state index is 13.2. The summed E-state index contributed by atoms with van der Waals surface area (Å²) in [5.74, 6) is 0.904. The first kappa shape index (κ1) is 30.8. The molecule has 35 heavy (non-hydrogen) atoms. The zero-order valence-corrected chi connectivity index (χ0v) is 21.6. The molecule has 2 rings (SSSR count). The second kappa shape index (κ2) is 13.7. The van der Waals surface area contributed by atoms with Gasteiger partial charge in [0, 0.05) is 0 Å². The minimum atomic E-state index is -4.86. The van der Waals surface area contributed by atoms with Crippen LogP contribution in [0, 0.1) is 12.8 Å². The minimum absolute atomic E-state index is 0.0659. The molecule has 0 aliphatic heterocycles. The van der Waals surface area contributed by atoms with E-state index in [0.29, 0.717) is 18.4 Å². The summed E-state index contributed by atoms with van der Waals surface area (Å²) >= 11 is 0. The molecule has 0 bridgehead atoms. The summed E-state index contributed by atoms with van der Waals surface area (Å²) in [4.78, 5) is 0. The molecule has 0 aromatic heterocycles. The fraction of sp³-hybridized carbons (Fsp3) is 0.517. The smallest absolute Gasteiger partial charge is 0.166 e. The predicted octanol–water partition coefficient (Wildman–Crippen LogP) is 11.0. The molecule has 0 saturated heterocycles. The first-order chi connectivity index (χ1) is 16.2. The van der Waals surface area contributed by atoms with E-state index in [1.165, 1.54) is 25.7 Å². The van der Waals surface area contributed by atoms with Crippen LogP contribution in [0.1, 0.15) is 101 Å². The lowest BCUT2D eigenvalue weighted by molar-refractivity contribution is -0.143. The predicted molar refractivity (Wildman–Crippen MR) is 134 cm³/mol. The Hall–Kier alpha value is -2.24. The number of unbranched alkanes of at least 4 members (excludes halogenated alkanes) is 2. The quantitative estimate of drug-likeness (QED) is 0.192. The first-order valence-electron chi connectivity index (χ1n) is 12.3. The average Bonchev–Trinajstić information content (AvgIpc) is 2.76. The zero-order valence-electron chi connectivity index (χ0n) is 21.6. The molecule has 6 heteroatoms. The third-order valence-corrected chi connectivity index (χ3v) is 5.83. The summed E-state index contributed by atoms with van der Waals surface area (Å²) in [7, 11) is 0. The number of allylic oxidation sites excluding steroid dienone is 2. The van der Waals surface area contributed by atoms with Crippen LogP contribution in [0.3, 0.4) is 0 Å². The van der Waals surface area contributed by atoms with Crippen molar-refractivity contribution in [3.8, 4) is 0 Å². The minimum Gasteiger partial charge on any atom is -0.166 e. The van der Waals surface area contributed by atoms with Gasteiger partial charge in [-0.3, -0.25) is 0 Å². The highest BCUT2D eigenvalue weighted by atomic mass is 19.4. The second-order valence-corrected chi connectivity index (χ2v) is 9.35. The van der Waals surface area contributed by atoms with Crippen molar-refractivity contribution in [2.75, 3.05) is 0 Å². The van der Waals surface area contributed by atoms with Crippen LogP contribution >= 0.6 is 0 Å². The van der Waals surface area contributed by atoms with E-state index < -0.39 is 23.5 Å². The molecule has 0 atom stereocenters. The van der Waals surface area contributed by atoms with Gasteiger partial charge in [0.05, 0.1) is 11.1 Å². The normalized spacial score (nSPS) is 12.8. The number of rotatable bonds is 8. The van der Waals surface area contributed by atoms with Crippen LogP contribution in [0.5, 0.6) is 0 Å². The molecule has 0 nitrogen and oxygen atoms in total. The molecular formula is C29H38F6. The number of benzene rings is 2. The van der Waals surface area contributed by atoms with Crippen molar-refractivity contribution in [2.24, 2.45) is 5.92 Å². The molecule has 0 unspecified atom stereocenters. The summed E-state index contributed by atoms with van der Waals surface area (Å²) in [6.07, 6.45) is -2.85. The Morgan fingerprint density at radius 1 is 0.800 bits per heavy atom. The number of halogens is 6. The van der Waals surface area contributed by atoms with Crippen molar-refractivity contribution in [3.05, 3.63) is 70.3 Å². The molecule has 0 amide bonds. The van der Waals surface area contributed by atoms with Crippen LogP contribution in [-0.4, -0.2) is 0 Å². The Labute approximate surface area is 206 Å². The molecule has 0 radical (unpaired) electrons. The van der Waals surface area contributed by atoms with E-state index in [4.69, 9.17) is 0 Å². The van der Waals surface area contributed by atoms with Crippen LogP contribution in [0.25, 0.3) is 11.1 Å². The van der Waals surface area contributed by atoms with Gasteiger partial charge in [-0.1, -0.05) is 84.1 Å². The molecule has 0 heterocycles. The molecule has 2 aromatic rings. The highest BCUT2D eigenvalue weighted by Crippen LogP contribution is 2.39. The maximum Gasteiger partial charge on any atom is 0.416 e. The molecule has 0 aliphatic rings. The van der Waals surface area contributed by atoms with Gasteiger partial charge in [0.25, 0.3) is 0 Å². The Morgan fingerprint density at radius 2 is 1.34 bits per heavy atom. The lowest BCUT2D eigenvalue weighted by Crippen LogP contribution is -2.11. The van der Waals surface area contributed by atoms with Crippen molar-refractivity contribution in [2.45, 2.75) is 92.4 Å². The van der Waals surface area contributed by atoms with Crippen LogP contribution < -0.4 is 0 Å². The molecule has 0 aliphatic carbocycles. The van der Waals surface area contributed by atoms with Gasteiger partial charge in [0.2, 0.25) is 0 Å². The Balaban J connectivity index is 0.000000658. The molecule has 0 N–H and O–H groups in total. The molecule has 0 saturated carbocycles. The Morgan fingerprint density at radius 3 is 1.77 bits per heavy atom. The van der Waals surface area contributed by atoms with Crippen molar-refractivity contribution in [3.63, 3.8) is 0 Å². The van der Waals surface area contributed by atoms with Crippen molar-refractivity contribution < 1.29 is 26.3 Å². The van der Waals surface area contributed by atoms with Gasteiger partial charge in [-0.25, -0.2) is 0 Å². The third kappa shape index (κ3) is 10.1. The van der Waals surface area contributed by atoms with Gasteiger partial charge >= 0.3 is 12.4 Å². The number of hydrogen-bond donors (Lipinski definition) is 0. The SMILES string of the molecule is CCC/C(=C(/C)c1cc(C(F)(F)F)cc(C(F)(F)F)c1)c1ccccc1C.CCCCCC(C)C. The van der Waals surface area contributed by atoms with E-state index in [9.17, 15) is 26.3 Å². The summed E-state index contributed by atoms with van der Waals surface area (Å²) in [5.41, 5.74) is 0.264. The Bertz CT molecular complexity index is 916. The molecule has 0 fully saturated rings. The van der Waals surface area contributed by atoms with E-state index in [0.717, 1.165) is 34.8 Å². The highest BCUT2D eigenvalue weighted by Gasteiger charge is 2.37. The van der Waals surface area contributed by atoms with Crippen molar-refractivity contribution in [1.29, 1.82) is 0 Å². The van der Waals surface area contributed by atoms with Crippen LogP contribution in [-0.2, 0) is 12.4 Å². The monoisotopic (exact) mass is 500 g/mol. The van der Waals surface area contributed by atoms with Gasteiger partial charge in [-0.15, -0.1) is 0 Å². The lowest BCUT2D eigenvalue weighted by atomic mass is 9.89. The van der Waals surface area contributed by atoms with E-state index in [1.807, 2.05) is 32.0 Å². The lowest BCUT2D eigenvalue weighted by Gasteiger charge is -2.18. The van der Waals surface area contributed by atoms with Crippen LogP contribution in [0.2, 0.25) is 0 Å². The summed E-state index contributed by atoms with van der Waals surface area (Å²) in [5, 5.41) is 0. The number of alkyl halides is 6. The standard InChI is InChI=1S/C21H20F6.C8H18/c1-4-7-19(18-9-6-5-8-13(18)2)14(3)15-10-16(20(22,23)24)12-17(11-15)21(25,26)27;1-4-5-6-7-8(2)3/h5-6,8-12H,4,7H2,1-3H3;8H,4-7H2,1-3H3/b19-14+;. The van der Waals surface area contributed by atoms with E-state index >= 15 is 0 Å². The van der Waals surface area contributed by atoms with E-state index in [1.54, 1.807) is 13.0 Å². The van der Waals surface area contributed by atoms with Crippen molar-refractivity contribution >= 4 is 11.1 Å². The largest absolute Gasteiger partial charge is 0.416 e. The molecule has 2 aromatic carbocycles. The van der Waals surface area contributed by atoms with E-state index in [2.05, 4.69) is 20.8 Å². The fourth-order valence-electron chi connectivity index (χ4n) is 3.83. The van der Waals surface area contributed by atoms with Gasteiger partial charge in [0.15, 0.2) is 0 Å². The second-order valence-electron chi connectivity index (χ2n) is 9.35. The highest BCUT2D eigenvalue weighted by molar-refractivity contribution is 5.91. The summed E-state index contributed by atoms with van der Waals surface area (Å²) in [6, 6.07) is 9.08. The average molecular weight is 501 g/mol. The molecule has 0 spiro atoms. The van der Waals surface area contributed by atoms with Crippen LogP contribution in [0.15, 0.2) is 42.5 Å². The van der Waals surface area contributed by atoms with Gasteiger partial charge < -0.3 is 0 Å². The number of hydrogen-bond acceptors (Lipinski definition) is 0. The number of aryl methyl sites for hydroxylation is 1. The maximum atomic E-state index is 13.2. The summed E-state index contributed by atoms with van der Waals surface area (Å²) in [6.45, 7) is 12.2. The topological polar surface area (TPSA) is 0 Å².